The van der Waals surface area contributed by atoms with Crippen LogP contribution in [-0.4, -0.2) is 147 Å². The normalized spacial score (nSPS) is 19.7. The van der Waals surface area contributed by atoms with E-state index in [1.165, 1.54) is 11.9 Å². The van der Waals surface area contributed by atoms with Crippen LogP contribution in [0.15, 0.2) is 109 Å². The van der Waals surface area contributed by atoms with Crippen LogP contribution in [0.1, 0.15) is 109 Å². The Morgan fingerprint density at radius 2 is 1.04 bits per heavy atom. The zero-order chi connectivity index (χ0) is 55.8. The van der Waals surface area contributed by atoms with Crippen LogP contribution in [0.4, 0.5) is 4.79 Å². The fraction of sp³-hybridized carbons (Fsp3) is 0.492. The van der Waals surface area contributed by atoms with Crippen molar-refractivity contribution in [3.8, 4) is 22.5 Å². The molecule has 0 bridgehead atoms. The van der Waals surface area contributed by atoms with Crippen LogP contribution in [-0.2, 0) is 33.4 Å². The highest BCUT2D eigenvalue weighted by atomic mass is 16.6. The van der Waals surface area contributed by atoms with Crippen LogP contribution < -0.4 is 16.0 Å². The van der Waals surface area contributed by atoms with Crippen molar-refractivity contribution in [3.05, 3.63) is 121 Å². The Kier molecular flexibility index (Phi) is 18.1. The fourth-order valence-electron chi connectivity index (χ4n) is 11.3. The topological polar surface area (TPSA) is 193 Å². The van der Waals surface area contributed by atoms with Crippen LogP contribution in [0.3, 0.4) is 0 Å². The van der Waals surface area contributed by atoms with Gasteiger partial charge in [0.05, 0.1) is 40.9 Å². The lowest BCUT2D eigenvalue weighted by Gasteiger charge is -2.36. The summed E-state index contributed by atoms with van der Waals surface area (Å²) in [4.78, 5) is 82.2. The largest absolute Gasteiger partial charge is 0.444 e. The van der Waals surface area contributed by atoms with Gasteiger partial charge in [-0.05, 0) is 140 Å². The second kappa shape index (κ2) is 25.3. The molecule has 0 unspecified atom stereocenters. The zero-order valence-corrected chi connectivity index (χ0v) is 46.8. The van der Waals surface area contributed by atoms with Crippen molar-refractivity contribution in [2.75, 3.05) is 53.6 Å². The summed E-state index contributed by atoms with van der Waals surface area (Å²) >= 11 is 0. The Morgan fingerprint density at radius 3 is 1.46 bits per heavy atom. The monoisotopic (exact) mass is 1080 g/mol. The minimum Gasteiger partial charge on any atom is -0.444 e. The van der Waals surface area contributed by atoms with E-state index in [0.29, 0.717) is 52.4 Å². The Hall–Kier alpha value is -7.15. The molecule has 4 aromatic heterocycles. The first-order chi connectivity index (χ1) is 38.1. The molecule has 0 radical (unpaired) electrons. The summed E-state index contributed by atoms with van der Waals surface area (Å²) in [6.07, 6.45) is 9.79. The van der Waals surface area contributed by atoms with Gasteiger partial charge >= 0.3 is 6.09 Å². The average Bonchev–Trinajstić information content (AvgIpc) is 4.52. The number of benzene rings is 2. The number of aromatic nitrogens is 4. The number of hydrogen-bond acceptors (Lipinski definition) is 11. The van der Waals surface area contributed by atoms with Gasteiger partial charge in [-0.25, -0.2) is 14.8 Å². The lowest BCUT2D eigenvalue weighted by molar-refractivity contribution is -0.141. The third-order valence-corrected chi connectivity index (χ3v) is 16.0. The quantitative estimate of drug-likeness (QED) is 0.0957. The molecule has 0 aliphatic carbocycles. The summed E-state index contributed by atoms with van der Waals surface area (Å²) in [7, 11) is 3.28. The molecule has 6 atom stereocenters. The van der Waals surface area contributed by atoms with Crippen LogP contribution in [0.5, 0.6) is 0 Å². The number of nitrogens with zero attached hydrogens (tertiary/aromatic N) is 7. The summed E-state index contributed by atoms with van der Waals surface area (Å²) in [5, 5.41) is 9.08. The Labute approximate surface area is 463 Å². The van der Waals surface area contributed by atoms with Crippen molar-refractivity contribution in [1.29, 1.82) is 0 Å². The van der Waals surface area contributed by atoms with Gasteiger partial charge in [0.15, 0.2) is 0 Å². The van der Waals surface area contributed by atoms with Gasteiger partial charge in [-0.3, -0.25) is 32.9 Å². The summed E-state index contributed by atoms with van der Waals surface area (Å²) in [5.41, 5.74) is 7.03. The number of hydrogen-bond donors (Lipinski definition) is 3. The number of fused-ring (bicyclic) bond motifs is 2. The molecule has 8 heterocycles. The van der Waals surface area contributed by atoms with Gasteiger partial charge in [0.1, 0.15) is 35.0 Å². The van der Waals surface area contributed by atoms with Crippen LogP contribution in [0.25, 0.3) is 33.8 Å². The predicted octanol–water partition coefficient (Wildman–Crippen LogP) is 8.02. The standard InChI is InChI=1S/C33H43N5O5.C28H35N5O3/c1-22(36(5)32(41)43-33(2,3)4)30(39)35-29(24-16-19-42-20-17-24)31(40)37-18-10-14-27(37)25-21-38-26(13-9-15-28(38)34-25)23-11-7-6-8-12-23;1-19(29-2)27(34)31-26(21-13-16-36-17-14-21)28(35)32-15-7-11-24(32)22-18-33-23(10-6-12-25(33)30-22)20-8-4-3-5-9-20/h6-9,11-13,15,21-22,24,27,29H,10,14,16-20H2,1-5H3,(H,35,39);3-6,8-10,12,18-19,21,24,26,29H,7,11,13-17H2,1-2H3,(H,31,34)/t22-,27-,29-;19-,24-,26-/m00/s1. The smallest absolute Gasteiger partial charge is 0.410 e. The van der Waals surface area contributed by atoms with Crippen molar-refractivity contribution in [2.45, 2.75) is 128 Å². The number of ether oxygens (including phenoxy) is 3. The Morgan fingerprint density at radius 1 is 0.608 bits per heavy atom. The van der Waals surface area contributed by atoms with Gasteiger partial charge in [0, 0.05) is 59.0 Å². The third kappa shape index (κ3) is 13.1. The van der Waals surface area contributed by atoms with Gasteiger partial charge in [-0.1, -0.05) is 72.8 Å². The van der Waals surface area contributed by atoms with Gasteiger partial charge in [0.2, 0.25) is 23.6 Å². The molecule has 4 aliphatic heterocycles. The molecule has 18 nitrogen and oxygen atoms in total. The molecule has 4 aliphatic rings. The zero-order valence-electron chi connectivity index (χ0n) is 46.8. The second-order valence-electron chi connectivity index (χ2n) is 22.4. The van der Waals surface area contributed by atoms with E-state index in [0.717, 1.165) is 83.7 Å². The van der Waals surface area contributed by atoms with Crippen molar-refractivity contribution in [3.63, 3.8) is 0 Å². The average molecular weight is 1080 g/mol. The molecule has 3 N–H and O–H groups in total. The molecule has 18 heteroatoms. The maximum Gasteiger partial charge on any atom is 0.410 e. The molecule has 4 saturated heterocycles. The van der Waals surface area contributed by atoms with E-state index >= 15 is 0 Å². The molecule has 5 amide bonds. The molecule has 10 rings (SSSR count). The molecule has 79 heavy (non-hydrogen) atoms. The maximum absolute atomic E-state index is 14.3. The minimum atomic E-state index is -0.825. The number of likely N-dealkylation sites (tertiary alicyclic amines) is 2. The minimum absolute atomic E-state index is 0.0126. The first-order valence-electron chi connectivity index (χ1n) is 28.2. The lowest BCUT2D eigenvalue weighted by Crippen LogP contribution is -2.57. The highest BCUT2D eigenvalue weighted by molar-refractivity contribution is 5.92. The van der Waals surface area contributed by atoms with E-state index in [4.69, 9.17) is 24.2 Å². The number of amides is 5. The SMILES string of the molecule is CN[C@@H](C)C(=O)N[C@H](C(=O)N1CCC[C@H]1c1cn2c(-c3ccccc3)cccc2n1)C1CCOCC1.C[C@@H](C(=O)N[C@H](C(=O)N1CCC[C@H]1c1cn2c(-c3ccccc3)cccc2n1)C1CCOCC1)N(C)C(=O)OC(C)(C)C. The van der Waals surface area contributed by atoms with Gasteiger partial charge < -0.3 is 40.0 Å². The number of imidazole rings is 2. The fourth-order valence-corrected chi connectivity index (χ4v) is 11.3. The number of carbonyl (C=O) groups is 5. The Bertz CT molecular complexity index is 3050. The Balaban J connectivity index is 0.000000195. The highest BCUT2D eigenvalue weighted by Gasteiger charge is 2.42. The number of likely N-dealkylation sites (N-methyl/N-ethyl adjacent to an activating group) is 2. The first kappa shape index (κ1) is 56.6. The lowest BCUT2D eigenvalue weighted by atomic mass is 9.90. The molecule has 2 aromatic carbocycles. The van der Waals surface area contributed by atoms with Gasteiger partial charge in [-0.2, -0.15) is 0 Å². The number of pyridine rings is 2. The molecule has 420 valence electrons. The van der Waals surface area contributed by atoms with Gasteiger partial charge in [-0.15, -0.1) is 0 Å². The second-order valence-corrected chi connectivity index (χ2v) is 22.4. The summed E-state index contributed by atoms with van der Waals surface area (Å²) in [5.74, 6) is -0.688. The third-order valence-electron chi connectivity index (χ3n) is 16.0. The van der Waals surface area contributed by atoms with Crippen molar-refractivity contribution in [1.82, 2.24) is 49.4 Å². The van der Waals surface area contributed by atoms with Crippen LogP contribution in [0, 0.1) is 11.8 Å². The van der Waals surface area contributed by atoms with Crippen LogP contribution in [0.2, 0.25) is 0 Å². The number of nitrogens with one attached hydrogen (secondary N) is 3. The number of carbonyl (C=O) groups excluding carboxylic acids is 5. The molecule has 0 spiro atoms. The molecule has 4 fully saturated rings. The summed E-state index contributed by atoms with van der Waals surface area (Å²) in [6.45, 7) is 12.3. The van der Waals surface area contributed by atoms with E-state index in [-0.39, 0.29) is 47.7 Å². The molecular formula is C61H78N10O8. The maximum atomic E-state index is 14.3. The number of rotatable bonds is 14. The molecule has 6 aromatic rings. The highest BCUT2D eigenvalue weighted by Crippen LogP contribution is 2.37. The van der Waals surface area contributed by atoms with Crippen molar-refractivity contribution < 1.29 is 38.2 Å². The summed E-state index contributed by atoms with van der Waals surface area (Å²) in [6, 6.07) is 29.8. The van der Waals surface area contributed by atoms with E-state index in [2.05, 4.69) is 67.3 Å². The van der Waals surface area contributed by atoms with Crippen molar-refractivity contribution in [2.24, 2.45) is 11.8 Å². The van der Waals surface area contributed by atoms with Gasteiger partial charge in [0.25, 0.3) is 0 Å². The first-order valence-corrected chi connectivity index (χ1v) is 28.2. The van der Waals surface area contributed by atoms with Crippen LogP contribution >= 0.6 is 0 Å². The summed E-state index contributed by atoms with van der Waals surface area (Å²) < 4.78 is 20.8. The van der Waals surface area contributed by atoms with E-state index in [1.54, 1.807) is 41.7 Å². The molecular weight excluding hydrogens is 1000 g/mol. The van der Waals surface area contributed by atoms with E-state index < -0.39 is 35.7 Å². The predicted molar refractivity (Wildman–Crippen MR) is 302 cm³/mol. The van der Waals surface area contributed by atoms with Crippen molar-refractivity contribution >= 4 is 41.0 Å². The van der Waals surface area contributed by atoms with E-state index in [1.807, 2.05) is 76.7 Å². The van der Waals surface area contributed by atoms with E-state index in [9.17, 15) is 24.0 Å². The molecule has 0 saturated carbocycles.